The molecule has 0 spiro atoms. The third kappa shape index (κ3) is 4.45. The summed E-state index contributed by atoms with van der Waals surface area (Å²) in [4.78, 5) is 17.3. The Bertz CT molecular complexity index is 1290. The Morgan fingerprint density at radius 3 is 2.45 bits per heavy atom. The largest absolute Gasteiger partial charge is 0.318 e. The Labute approximate surface area is 188 Å². The molecule has 4 aromatic rings. The molecule has 8 heteroatoms. The van der Waals surface area contributed by atoms with E-state index >= 15 is 0 Å². The molecule has 0 saturated carbocycles. The molecular weight excluding hydrogens is 438 g/mol. The molecule has 1 aromatic heterocycles. The summed E-state index contributed by atoms with van der Waals surface area (Å²) in [5, 5.41) is 7.92. The van der Waals surface area contributed by atoms with Crippen LogP contribution >= 0.6 is 23.2 Å². The number of aryl methyl sites for hydroxylation is 2. The van der Waals surface area contributed by atoms with E-state index in [4.69, 9.17) is 23.2 Å². The van der Waals surface area contributed by atoms with E-state index in [1.54, 1.807) is 28.9 Å². The average Bonchev–Trinajstić information content (AvgIpc) is 3.18. The van der Waals surface area contributed by atoms with Crippen LogP contribution in [0.15, 0.2) is 60.7 Å². The van der Waals surface area contributed by atoms with Crippen molar-refractivity contribution in [1.82, 2.24) is 14.8 Å². The van der Waals surface area contributed by atoms with Crippen LogP contribution in [-0.4, -0.2) is 20.7 Å². The highest BCUT2D eigenvalue weighted by Crippen LogP contribution is 2.27. The summed E-state index contributed by atoms with van der Waals surface area (Å²) >= 11 is 12.1. The van der Waals surface area contributed by atoms with Crippen molar-refractivity contribution in [2.45, 2.75) is 13.8 Å². The van der Waals surface area contributed by atoms with Gasteiger partial charge in [0.15, 0.2) is 5.82 Å². The fourth-order valence-electron chi connectivity index (χ4n) is 3.08. The van der Waals surface area contributed by atoms with Crippen LogP contribution in [0.25, 0.3) is 17.1 Å². The maximum absolute atomic E-state index is 13.5. The summed E-state index contributed by atoms with van der Waals surface area (Å²) in [7, 11) is 0. The van der Waals surface area contributed by atoms with Gasteiger partial charge in [-0.05, 0) is 73.5 Å². The van der Waals surface area contributed by atoms with Crippen molar-refractivity contribution in [2.75, 3.05) is 5.32 Å². The number of benzene rings is 3. The van der Waals surface area contributed by atoms with Crippen LogP contribution in [0.4, 0.5) is 10.1 Å². The zero-order valence-electron chi connectivity index (χ0n) is 16.7. The maximum atomic E-state index is 13.5. The van der Waals surface area contributed by atoms with Gasteiger partial charge in [-0.3, -0.25) is 4.79 Å². The molecule has 156 valence electrons. The molecule has 0 radical (unpaired) electrons. The van der Waals surface area contributed by atoms with Crippen molar-refractivity contribution in [2.24, 2.45) is 0 Å². The van der Waals surface area contributed by atoms with E-state index in [0.717, 1.165) is 16.8 Å². The summed E-state index contributed by atoms with van der Waals surface area (Å²) in [6.45, 7) is 3.91. The van der Waals surface area contributed by atoms with Crippen molar-refractivity contribution in [3.8, 4) is 17.1 Å². The number of nitrogens with one attached hydrogen (secondary N) is 1. The number of nitrogens with zero attached hydrogens (tertiary/aromatic N) is 3. The van der Waals surface area contributed by atoms with Gasteiger partial charge in [-0.15, -0.1) is 5.10 Å². The van der Waals surface area contributed by atoms with E-state index in [1.807, 2.05) is 32.0 Å². The Hall–Kier alpha value is -3.22. The molecule has 0 fully saturated rings. The molecule has 0 saturated heterocycles. The first-order valence-corrected chi connectivity index (χ1v) is 10.1. The van der Waals surface area contributed by atoms with Crippen LogP contribution in [0, 0.1) is 19.7 Å². The lowest BCUT2D eigenvalue weighted by atomic mass is 10.1. The van der Waals surface area contributed by atoms with Gasteiger partial charge in [-0.1, -0.05) is 35.3 Å². The summed E-state index contributed by atoms with van der Waals surface area (Å²) in [5.41, 5.74) is 3.77. The highest BCUT2D eigenvalue weighted by Gasteiger charge is 2.20. The molecule has 5 nitrogen and oxygen atoms in total. The zero-order valence-corrected chi connectivity index (χ0v) is 18.2. The Morgan fingerprint density at radius 1 is 1.00 bits per heavy atom. The monoisotopic (exact) mass is 454 g/mol. The predicted octanol–water partition coefficient (Wildman–Crippen LogP) is 6.25. The van der Waals surface area contributed by atoms with Crippen LogP contribution in [0.5, 0.6) is 0 Å². The number of hydrogen-bond donors (Lipinski definition) is 1. The number of halogens is 3. The summed E-state index contributed by atoms with van der Waals surface area (Å²) in [6.07, 6.45) is 0. The molecular formula is C23H17Cl2FN4O. The lowest BCUT2D eigenvalue weighted by molar-refractivity contribution is 0.101. The van der Waals surface area contributed by atoms with Gasteiger partial charge in [0.25, 0.3) is 5.91 Å². The molecule has 1 amide bonds. The summed E-state index contributed by atoms with van der Waals surface area (Å²) < 4.78 is 15.0. The topological polar surface area (TPSA) is 59.8 Å². The van der Waals surface area contributed by atoms with Crippen molar-refractivity contribution in [3.05, 3.63) is 93.5 Å². The number of aromatic nitrogens is 3. The van der Waals surface area contributed by atoms with Crippen LogP contribution in [-0.2, 0) is 0 Å². The minimum absolute atomic E-state index is 0.0498. The molecule has 0 unspecified atom stereocenters. The van der Waals surface area contributed by atoms with Crippen molar-refractivity contribution >= 4 is 34.8 Å². The number of anilines is 1. The number of amides is 1. The molecule has 1 N–H and O–H groups in total. The normalized spacial score (nSPS) is 10.9. The zero-order chi connectivity index (χ0) is 22.1. The lowest BCUT2D eigenvalue weighted by Gasteiger charge is -2.10. The van der Waals surface area contributed by atoms with Gasteiger partial charge in [-0.2, -0.15) is 0 Å². The van der Waals surface area contributed by atoms with E-state index in [9.17, 15) is 9.18 Å². The van der Waals surface area contributed by atoms with Crippen molar-refractivity contribution in [3.63, 3.8) is 0 Å². The van der Waals surface area contributed by atoms with E-state index in [2.05, 4.69) is 15.4 Å². The molecule has 0 atom stereocenters. The standard InChI is InChI=1S/C23H17Cl2FN4O/c1-13-3-4-14(2)20(11-13)30-22(15-5-8-17(26)9-6-15)28-21(29-30)23(31)27-19-10-7-16(24)12-18(19)25/h3-12H,1-2H3,(H,27,31). The minimum Gasteiger partial charge on any atom is -0.318 e. The van der Waals surface area contributed by atoms with E-state index in [1.165, 1.54) is 18.2 Å². The number of hydrogen-bond acceptors (Lipinski definition) is 3. The highest BCUT2D eigenvalue weighted by atomic mass is 35.5. The number of rotatable bonds is 4. The van der Waals surface area contributed by atoms with Crippen LogP contribution in [0.2, 0.25) is 10.0 Å². The smallest absolute Gasteiger partial charge is 0.295 e. The first kappa shape index (κ1) is 21.0. The molecule has 0 aliphatic carbocycles. The summed E-state index contributed by atoms with van der Waals surface area (Å²) in [6, 6.07) is 16.5. The molecule has 1 heterocycles. The maximum Gasteiger partial charge on any atom is 0.295 e. The summed E-state index contributed by atoms with van der Waals surface area (Å²) in [5.74, 6) is -0.527. The average molecular weight is 455 g/mol. The van der Waals surface area contributed by atoms with Gasteiger partial charge in [0.05, 0.1) is 16.4 Å². The minimum atomic E-state index is -0.531. The third-order valence-corrected chi connectivity index (χ3v) is 5.23. The molecule has 31 heavy (non-hydrogen) atoms. The third-order valence-electron chi connectivity index (χ3n) is 4.68. The first-order chi connectivity index (χ1) is 14.8. The Balaban J connectivity index is 1.80. The number of carbonyl (C=O) groups excluding carboxylic acids is 1. The Morgan fingerprint density at radius 2 is 1.74 bits per heavy atom. The second-order valence-electron chi connectivity index (χ2n) is 7.05. The van der Waals surface area contributed by atoms with E-state index in [-0.39, 0.29) is 11.6 Å². The van der Waals surface area contributed by atoms with Gasteiger partial charge in [0.2, 0.25) is 5.82 Å². The molecule has 4 rings (SSSR count). The lowest BCUT2D eigenvalue weighted by Crippen LogP contribution is -2.14. The molecule has 0 bridgehead atoms. The van der Waals surface area contributed by atoms with Gasteiger partial charge in [-0.25, -0.2) is 14.1 Å². The fourth-order valence-corrected chi connectivity index (χ4v) is 3.53. The van der Waals surface area contributed by atoms with Gasteiger partial charge in [0.1, 0.15) is 5.82 Å². The van der Waals surface area contributed by atoms with Crippen LogP contribution in [0.1, 0.15) is 21.7 Å². The van der Waals surface area contributed by atoms with E-state index < -0.39 is 5.91 Å². The molecule has 0 aliphatic rings. The van der Waals surface area contributed by atoms with Crippen LogP contribution < -0.4 is 5.32 Å². The first-order valence-electron chi connectivity index (χ1n) is 9.39. The number of carbonyl (C=O) groups is 1. The Kier molecular flexibility index (Phi) is 5.76. The van der Waals surface area contributed by atoms with Gasteiger partial charge in [0, 0.05) is 10.6 Å². The van der Waals surface area contributed by atoms with Crippen LogP contribution in [0.3, 0.4) is 0 Å². The fraction of sp³-hybridized carbons (Fsp3) is 0.0870. The van der Waals surface area contributed by atoms with Crippen molar-refractivity contribution < 1.29 is 9.18 Å². The van der Waals surface area contributed by atoms with E-state index in [0.29, 0.717) is 27.1 Å². The van der Waals surface area contributed by atoms with Crippen molar-refractivity contribution in [1.29, 1.82) is 0 Å². The van der Waals surface area contributed by atoms with Gasteiger partial charge >= 0.3 is 0 Å². The molecule has 0 aliphatic heterocycles. The quantitative estimate of drug-likeness (QED) is 0.396. The molecule has 3 aromatic carbocycles. The second-order valence-corrected chi connectivity index (χ2v) is 7.89. The van der Waals surface area contributed by atoms with Gasteiger partial charge < -0.3 is 5.32 Å². The highest BCUT2D eigenvalue weighted by molar-refractivity contribution is 6.36. The predicted molar refractivity (Wildman–Crippen MR) is 121 cm³/mol. The second kappa shape index (κ2) is 8.49. The SMILES string of the molecule is Cc1ccc(C)c(-n2nc(C(=O)Nc3ccc(Cl)cc3Cl)nc2-c2ccc(F)cc2)c1.